The fraction of sp³-hybridized carbons (Fsp3) is 0.400. The molecular weight excluding hydrogens is 924 g/mol. The van der Waals surface area contributed by atoms with Crippen LogP contribution in [-0.2, 0) is 30.4 Å². The number of halogens is 1. The third kappa shape index (κ3) is 13.1. The summed E-state index contributed by atoms with van der Waals surface area (Å²) in [6, 6.07) is 16.4. The monoisotopic (exact) mass is 984 g/mol. The van der Waals surface area contributed by atoms with E-state index in [1.165, 1.54) is 26.9 Å². The lowest BCUT2D eigenvalue weighted by Crippen LogP contribution is -2.42. The van der Waals surface area contributed by atoms with Crippen LogP contribution in [0.5, 0.6) is 12.0 Å². The second kappa shape index (κ2) is 23.6. The van der Waals surface area contributed by atoms with Crippen LogP contribution in [0.1, 0.15) is 88.8 Å². The van der Waals surface area contributed by atoms with Crippen LogP contribution in [0, 0.1) is 36.5 Å². The molecule has 18 nitrogen and oxygen atoms in total. The summed E-state index contributed by atoms with van der Waals surface area (Å²) in [4.78, 5) is 37.9. The average Bonchev–Trinajstić information content (AvgIpc) is 3.37. The van der Waals surface area contributed by atoms with Crippen LogP contribution in [0.3, 0.4) is 0 Å². The van der Waals surface area contributed by atoms with Gasteiger partial charge in [0.15, 0.2) is 8.32 Å². The summed E-state index contributed by atoms with van der Waals surface area (Å²) < 4.78 is 16.0. The van der Waals surface area contributed by atoms with Crippen molar-refractivity contribution in [2.75, 3.05) is 55.6 Å². The molecule has 0 unspecified atom stereocenters. The number of ether oxygens (including phenoxy) is 2. The Morgan fingerprint density at radius 2 is 1.24 bits per heavy atom. The number of hydrogen-bond donors (Lipinski definition) is 3. The molecule has 2 atom stereocenters. The van der Waals surface area contributed by atoms with Gasteiger partial charge in [-0.25, -0.2) is 39.9 Å². The summed E-state index contributed by atoms with van der Waals surface area (Å²) in [7, 11) is 1.27. The van der Waals surface area contributed by atoms with Gasteiger partial charge in [-0.1, -0.05) is 44.5 Å². The van der Waals surface area contributed by atoms with Crippen molar-refractivity contribution >= 4 is 37.1 Å². The molecule has 0 saturated heterocycles. The minimum atomic E-state index is -1.76. The first-order valence-corrected chi connectivity index (χ1v) is 26.1. The van der Waals surface area contributed by atoms with Crippen molar-refractivity contribution in [2.24, 2.45) is 5.73 Å². The predicted octanol–water partition coefficient (Wildman–Crippen LogP) is 7.54. The van der Waals surface area contributed by atoms with Crippen molar-refractivity contribution in [3.05, 3.63) is 135 Å². The Morgan fingerprint density at radius 1 is 0.757 bits per heavy atom. The van der Waals surface area contributed by atoms with E-state index in [1.807, 2.05) is 50.2 Å². The zero-order valence-electron chi connectivity index (χ0n) is 41.2. The lowest BCUT2D eigenvalue weighted by Gasteiger charge is -2.36. The van der Waals surface area contributed by atoms with Gasteiger partial charge in [-0.05, 0) is 67.4 Å². The van der Waals surface area contributed by atoms with Gasteiger partial charge in [-0.3, -0.25) is 0 Å². The van der Waals surface area contributed by atoms with E-state index in [4.69, 9.17) is 31.2 Å². The van der Waals surface area contributed by atoms with Crippen molar-refractivity contribution < 1.29 is 19.0 Å². The highest BCUT2D eigenvalue weighted by Gasteiger charge is 2.37. The number of hydrogen-bond acceptors (Lipinski definition) is 18. The zero-order valence-corrected chi connectivity index (χ0v) is 43.0. The lowest BCUT2D eigenvalue weighted by atomic mass is 10.0. The number of aliphatic hydroxyl groups excluding tert-OH is 1. The fourth-order valence-corrected chi connectivity index (χ4v) is 8.70. The maximum atomic E-state index is 9.96. The first kappa shape index (κ1) is 52.5. The number of rotatable bonds is 12. The molecule has 2 aliphatic heterocycles. The molecule has 0 fully saturated rings. The van der Waals surface area contributed by atoms with Crippen molar-refractivity contribution in [3.63, 3.8) is 0 Å². The fourth-order valence-electron chi connectivity index (χ4n) is 7.46. The Bertz CT molecular complexity index is 2800. The van der Waals surface area contributed by atoms with Crippen molar-refractivity contribution in [1.82, 2.24) is 39.9 Å². The summed E-state index contributed by atoms with van der Waals surface area (Å²) >= 11 is 6.15. The van der Waals surface area contributed by atoms with Crippen LogP contribution in [0.25, 0.3) is 0 Å². The number of nitrogens with zero attached hydrogens (tertiary/aromatic N) is 12. The number of nitriles is 2. The second-order valence-electron chi connectivity index (χ2n) is 18.4. The average molecular weight is 986 g/mol. The molecule has 2 aromatic carbocycles. The van der Waals surface area contributed by atoms with E-state index in [0.29, 0.717) is 53.4 Å². The first-order chi connectivity index (χ1) is 33.5. The molecule has 70 heavy (non-hydrogen) atoms. The zero-order chi connectivity index (χ0) is 50.6. The minimum Gasteiger partial charge on any atom is -0.467 e. The van der Waals surface area contributed by atoms with Crippen LogP contribution in [0.2, 0.25) is 23.3 Å². The molecular formula is C50H61ClN14O4Si. The molecule has 0 radical (unpaired) electrons. The number of benzene rings is 2. The highest BCUT2D eigenvalue weighted by atomic mass is 35.5. The molecule has 6 aromatic rings. The molecule has 366 valence electrons. The van der Waals surface area contributed by atoms with Crippen LogP contribution in [0.4, 0.5) is 17.2 Å². The third-order valence-electron chi connectivity index (χ3n) is 12.6. The quantitative estimate of drug-likeness (QED) is 0.0792. The molecule has 20 heteroatoms. The summed E-state index contributed by atoms with van der Waals surface area (Å²) in [5.41, 5.74) is 16.9. The number of aryl methyl sites for hydroxylation is 2. The van der Waals surface area contributed by atoms with E-state index in [2.05, 4.69) is 101 Å². The SMILES string of the molecule is COc1ncc([C@@H](CO)Nc2ncnc3c2CN(c2ccc(C)cc2C#N)CC3)cn1.COc1ncc([C@H](N)CO[Si](C)(C)C(C)(C)C)cn1.Cc1ccc(N2CCc3ncnc(Cl)c3C2)c(C#N)c1. The smallest absolute Gasteiger partial charge is 0.316 e. The molecule has 0 amide bonds. The molecule has 4 aromatic heterocycles. The van der Waals surface area contributed by atoms with Gasteiger partial charge in [0.05, 0.1) is 73.4 Å². The maximum absolute atomic E-state index is 9.96. The van der Waals surface area contributed by atoms with E-state index >= 15 is 0 Å². The van der Waals surface area contributed by atoms with E-state index in [9.17, 15) is 15.6 Å². The minimum absolute atomic E-state index is 0.158. The third-order valence-corrected chi connectivity index (χ3v) is 17.4. The normalized spacial score (nSPS) is 13.9. The molecule has 0 spiro atoms. The summed E-state index contributed by atoms with van der Waals surface area (Å²) in [6.07, 6.45) is 11.2. The number of nitrogens with two attached hydrogens (primary N) is 1. The van der Waals surface area contributed by atoms with Crippen LogP contribution in [-0.4, -0.2) is 93.8 Å². The molecule has 6 heterocycles. The first-order valence-electron chi connectivity index (χ1n) is 22.8. The van der Waals surface area contributed by atoms with Gasteiger partial charge in [-0.2, -0.15) is 10.5 Å². The number of anilines is 3. The topological polar surface area (TPSA) is 243 Å². The lowest BCUT2D eigenvalue weighted by molar-refractivity contribution is 0.264. The van der Waals surface area contributed by atoms with Gasteiger partial charge >= 0.3 is 12.0 Å². The highest BCUT2D eigenvalue weighted by Crippen LogP contribution is 2.37. The summed E-state index contributed by atoms with van der Waals surface area (Å²) in [5.74, 6) is 0.648. The van der Waals surface area contributed by atoms with E-state index in [-0.39, 0.29) is 23.7 Å². The largest absolute Gasteiger partial charge is 0.467 e. The number of fused-ring (bicyclic) bond motifs is 2. The summed E-state index contributed by atoms with van der Waals surface area (Å²) in [5, 5.41) is 32.8. The Hall–Kier alpha value is -6.87. The molecule has 0 aliphatic carbocycles. The Balaban J connectivity index is 0.000000180. The van der Waals surface area contributed by atoms with Crippen molar-refractivity contribution in [3.8, 4) is 24.2 Å². The number of aliphatic hydroxyl groups is 1. The molecule has 0 saturated carbocycles. The Labute approximate surface area is 416 Å². The van der Waals surface area contributed by atoms with E-state index < -0.39 is 14.4 Å². The Kier molecular flexibility index (Phi) is 17.7. The summed E-state index contributed by atoms with van der Waals surface area (Å²) in [6.45, 7) is 18.2. The maximum Gasteiger partial charge on any atom is 0.316 e. The van der Waals surface area contributed by atoms with Crippen molar-refractivity contribution in [2.45, 2.75) is 90.8 Å². The molecule has 8 rings (SSSR count). The number of methoxy groups -OCH3 is 2. The van der Waals surface area contributed by atoms with Gasteiger partial charge in [0.2, 0.25) is 0 Å². The van der Waals surface area contributed by atoms with Gasteiger partial charge < -0.3 is 39.9 Å². The van der Waals surface area contributed by atoms with E-state index in [1.54, 1.807) is 24.8 Å². The molecule has 4 N–H and O–H groups in total. The van der Waals surface area contributed by atoms with Crippen LogP contribution >= 0.6 is 11.6 Å². The van der Waals surface area contributed by atoms with Crippen LogP contribution < -0.4 is 30.3 Å². The van der Waals surface area contributed by atoms with Gasteiger partial charge in [0, 0.05) is 86.1 Å². The molecule has 0 bridgehead atoms. The van der Waals surface area contributed by atoms with Crippen LogP contribution in [0.15, 0.2) is 73.8 Å². The number of aromatic nitrogens is 8. The van der Waals surface area contributed by atoms with Gasteiger partial charge in [-0.15, -0.1) is 0 Å². The van der Waals surface area contributed by atoms with Crippen molar-refractivity contribution in [1.29, 1.82) is 10.5 Å². The van der Waals surface area contributed by atoms with E-state index in [0.717, 1.165) is 76.5 Å². The predicted molar refractivity (Wildman–Crippen MR) is 271 cm³/mol. The van der Waals surface area contributed by atoms with Gasteiger partial charge in [0.25, 0.3) is 0 Å². The molecule has 2 aliphatic rings. The Morgan fingerprint density at radius 3 is 1.73 bits per heavy atom. The second-order valence-corrected chi connectivity index (χ2v) is 23.6. The number of nitrogens with one attached hydrogen (secondary N) is 1. The standard InChI is InChI=1S/C22H23N7O2.C15H13ClN4.C13H25N3O2Si/c1-14-3-4-20(15(7-14)8-23)29-6-5-18-17(11-29)21(27-13-26-18)28-19(12-30)16-9-24-22(31-2)25-10-16;1-10-2-3-14(11(6-10)7-17)20-5-4-13-12(8-20)15(16)19-9-18-13;1-13(2,3)19(5,6)18-9-11(14)10-7-15-12(17-4)16-8-10/h3-4,7,9-10,13,19,30H,5-6,11-12H2,1-2H3,(H,26,27,28);2-3,6,9H,4-5,8H2,1H3;7-8,11H,9,14H2,1-6H3/t19-;;11-/m1.1/s1. The highest BCUT2D eigenvalue weighted by molar-refractivity contribution is 6.74. The van der Waals surface area contributed by atoms with Gasteiger partial charge in [0.1, 0.15) is 35.8 Å².